The van der Waals surface area contributed by atoms with Crippen molar-refractivity contribution in [2.75, 3.05) is 19.6 Å². The Kier molecular flexibility index (Phi) is 7.05. The van der Waals surface area contributed by atoms with Gasteiger partial charge in [-0.1, -0.05) is 42.5 Å². The zero-order valence-corrected chi connectivity index (χ0v) is 16.6. The van der Waals surface area contributed by atoms with Crippen LogP contribution in [0.1, 0.15) is 18.1 Å². The number of hydrogen-bond acceptors (Lipinski definition) is 5. The molecule has 3 rings (SSSR count). The van der Waals surface area contributed by atoms with Crippen LogP contribution in [0.4, 0.5) is 0 Å². The van der Waals surface area contributed by atoms with Gasteiger partial charge < -0.3 is 21.2 Å². The van der Waals surface area contributed by atoms with Crippen molar-refractivity contribution in [3.05, 3.63) is 78.1 Å². The number of amidine groups is 1. The molecule has 0 fully saturated rings. The number of pyridine rings is 1. The van der Waals surface area contributed by atoms with Crippen LogP contribution in [0.3, 0.4) is 0 Å². The Labute approximate surface area is 171 Å². The fourth-order valence-corrected chi connectivity index (χ4v) is 2.88. The summed E-state index contributed by atoms with van der Waals surface area (Å²) >= 11 is 0. The van der Waals surface area contributed by atoms with Crippen LogP contribution >= 0.6 is 0 Å². The van der Waals surface area contributed by atoms with Gasteiger partial charge in [-0.25, -0.2) is 0 Å². The largest absolute Gasteiger partial charge is 0.369 e. The van der Waals surface area contributed by atoms with E-state index in [1.165, 1.54) is 10.9 Å². The van der Waals surface area contributed by atoms with Gasteiger partial charge in [0.2, 0.25) is 0 Å². The van der Waals surface area contributed by atoms with Gasteiger partial charge in [0.1, 0.15) is 12.1 Å². The van der Waals surface area contributed by atoms with Gasteiger partial charge in [-0.05, 0) is 30.0 Å². The quantitative estimate of drug-likeness (QED) is 0.226. The van der Waals surface area contributed by atoms with E-state index in [2.05, 4.69) is 38.8 Å². The first-order chi connectivity index (χ1) is 14.1. The number of aldehydes is 1. The number of carbonyl (C=O) groups is 1. The van der Waals surface area contributed by atoms with Gasteiger partial charge in [0, 0.05) is 43.0 Å². The van der Waals surface area contributed by atoms with E-state index in [4.69, 9.17) is 5.73 Å². The highest BCUT2D eigenvalue weighted by Gasteiger charge is 2.16. The molecule has 0 saturated carbocycles. The normalized spacial score (nSPS) is 13.8. The second-order valence-electron chi connectivity index (χ2n) is 7.32. The summed E-state index contributed by atoms with van der Waals surface area (Å²) < 4.78 is 0. The van der Waals surface area contributed by atoms with Crippen LogP contribution in [0.2, 0.25) is 0 Å². The average Bonchev–Trinajstić information content (AvgIpc) is 2.76. The Bertz CT molecular complexity index is 969. The third-order valence-electron chi connectivity index (χ3n) is 4.52. The van der Waals surface area contributed by atoms with Crippen LogP contribution in [-0.2, 0) is 11.3 Å². The first-order valence-corrected chi connectivity index (χ1v) is 9.70. The Morgan fingerprint density at radius 3 is 2.76 bits per heavy atom. The van der Waals surface area contributed by atoms with Gasteiger partial charge in [0.05, 0.1) is 12.1 Å². The summed E-state index contributed by atoms with van der Waals surface area (Å²) in [5, 5.41) is 9.13. The molecule has 0 aliphatic carbocycles. The van der Waals surface area contributed by atoms with E-state index in [1.54, 1.807) is 13.1 Å². The molecular formula is C23H27N5O. The van der Waals surface area contributed by atoms with Crippen LogP contribution in [0, 0.1) is 0 Å². The van der Waals surface area contributed by atoms with Gasteiger partial charge in [-0.2, -0.15) is 0 Å². The minimum absolute atomic E-state index is 0.228. The van der Waals surface area contributed by atoms with Crippen molar-refractivity contribution in [1.29, 1.82) is 0 Å². The molecule has 6 heteroatoms. The molecule has 0 amide bonds. The summed E-state index contributed by atoms with van der Waals surface area (Å²) in [6.45, 7) is 4.14. The average molecular weight is 390 g/mol. The van der Waals surface area contributed by atoms with Crippen molar-refractivity contribution >= 4 is 22.9 Å². The molecule has 29 heavy (non-hydrogen) atoms. The molecule has 0 radical (unpaired) electrons. The summed E-state index contributed by atoms with van der Waals surface area (Å²) in [5.41, 5.74) is 7.12. The summed E-state index contributed by atoms with van der Waals surface area (Å²) in [4.78, 5) is 19.8. The van der Waals surface area contributed by atoms with Crippen molar-refractivity contribution in [3.8, 4) is 0 Å². The molecule has 6 nitrogen and oxygen atoms in total. The molecule has 4 N–H and O–H groups in total. The summed E-state index contributed by atoms with van der Waals surface area (Å²) in [5.74, 6) is 0.739. The fourth-order valence-electron chi connectivity index (χ4n) is 2.88. The molecule has 3 aromatic rings. The molecule has 0 aliphatic heterocycles. The van der Waals surface area contributed by atoms with Crippen LogP contribution < -0.4 is 16.4 Å². The number of aromatic nitrogens is 1. The SMILES string of the molecule is CC(N)(C=O)CN=C(NCCNCc1ccc2ccncc2c1)c1ccccc1. The Morgan fingerprint density at radius 2 is 1.97 bits per heavy atom. The lowest BCUT2D eigenvalue weighted by atomic mass is 10.1. The highest BCUT2D eigenvalue weighted by atomic mass is 16.1. The minimum atomic E-state index is -0.967. The van der Waals surface area contributed by atoms with Gasteiger partial charge in [-0.3, -0.25) is 9.98 Å². The van der Waals surface area contributed by atoms with Crippen molar-refractivity contribution < 1.29 is 4.79 Å². The van der Waals surface area contributed by atoms with Crippen molar-refractivity contribution in [2.24, 2.45) is 10.7 Å². The van der Waals surface area contributed by atoms with Gasteiger partial charge in [0.15, 0.2) is 0 Å². The number of nitrogens with zero attached hydrogens (tertiary/aromatic N) is 2. The summed E-state index contributed by atoms with van der Waals surface area (Å²) in [6, 6.07) is 18.2. The topological polar surface area (TPSA) is 92.4 Å². The molecule has 150 valence electrons. The fraction of sp³-hybridized carbons (Fsp3) is 0.261. The number of nitrogens with two attached hydrogens (primary N) is 1. The van der Waals surface area contributed by atoms with E-state index in [0.717, 1.165) is 36.2 Å². The molecule has 0 saturated heterocycles. The zero-order valence-electron chi connectivity index (χ0n) is 16.6. The van der Waals surface area contributed by atoms with E-state index in [-0.39, 0.29) is 6.54 Å². The predicted octanol–water partition coefficient (Wildman–Crippen LogP) is 2.28. The highest BCUT2D eigenvalue weighted by Crippen LogP contribution is 2.14. The van der Waals surface area contributed by atoms with E-state index in [0.29, 0.717) is 6.54 Å². The first kappa shape index (κ1) is 20.6. The van der Waals surface area contributed by atoms with E-state index in [1.807, 2.05) is 42.6 Å². The molecule has 0 spiro atoms. The number of fused-ring (bicyclic) bond motifs is 1. The molecule has 1 atom stereocenters. The molecule has 0 bridgehead atoms. The van der Waals surface area contributed by atoms with Gasteiger partial charge in [0.25, 0.3) is 0 Å². The Morgan fingerprint density at radius 1 is 1.14 bits per heavy atom. The molecule has 1 heterocycles. The third-order valence-corrected chi connectivity index (χ3v) is 4.52. The molecule has 0 aliphatic rings. The van der Waals surface area contributed by atoms with Crippen molar-refractivity contribution in [2.45, 2.75) is 19.0 Å². The second-order valence-corrected chi connectivity index (χ2v) is 7.32. The number of rotatable bonds is 9. The minimum Gasteiger partial charge on any atom is -0.369 e. The maximum Gasteiger partial charge on any atom is 0.141 e. The summed E-state index contributed by atoms with van der Waals surface area (Å²) in [6.07, 6.45) is 4.42. The zero-order chi connectivity index (χ0) is 20.5. The standard InChI is InChI=1S/C23H27N5O/c1-23(24,17-29)16-28-22(20-5-3-2-4-6-20)27-12-11-26-14-18-7-8-19-9-10-25-15-21(19)13-18/h2-10,13,15,17,26H,11-12,14,16,24H2,1H3,(H,27,28). The number of aliphatic imine (C=N–C) groups is 1. The number of nitrogens with one attached hydrogen (secondary N) is 2. The number of hydrogen-bond donors (Lipinski definition) is 3. The Hall–Kier alpha value is -3.09. The first-order valence-electron chi connectivity index (χ1n) is 9.70. The van der Waals surface area contributed by atoms with Crippen LogP contribution in [0.5, 0.6) is 0 Å². The molecule has 1 unspecified atom stereocenters. The molecular weight excluding hydrogens is 362 g/mol. The van der Waals surface area contributed by atoms with Crippen molar-refractivity contribution in [1.82, 2.24) is 15.6 Å². The highest BCUT2D eigenvalue weighted by molar-refractivity contribution is 5.98. The maximum absolute atomic E-state index is 11.1. The molecule has 1 aromatic heterocycles. The molecule has 2 aromatic carbocycles. The van der Waals surface area contributed by atoms with E-state index >= 15 is 0 Å². The lowest BCUT2D eigenvalue weighted by Crippen LogP contribution is -2.42. The van der Waals surface area contributed by atoms with Crippen molar-refractivity contribution in [3.63, 3.8) is 0 Å². The predicted molar refractivity (Wildman–Crippen MR) is 118 cm³/mol. The van der Waals surface area contributed by atoms with E-state index in [9.17, 15) is 4.79 Å². The lowest BCUT2D eigenvalue weighted by Gasteiger charge is -2.16. The lowest BCUT2D eigenvalue weighted by molar-refractivity contribution is -0.111. The van der Waals surface area contributed by atoms with Crippen LogP contribution in [-0.4, -0.2) is 42.3 Å². The maximum atomic E-state index is 11.1. The Balaban J connectivity index is 1.53. The smallest absolute Gasteiger partial charge is 0.141 e. The second kappa shape index (κ2) is 9.91. The van der Waals surface area contributed by atoms with E-state index < -0.39 is 5.54 Å². The number of carbonyl (C=O) groups excluding carboxylic acids is 1. The van der Waals surface area contributed by atoms with Crippen LogP contribution in [0.25, 0.3) is 10.8 Å². The third kappa shape index (κ3) is 6.20. The van der Waals surface area contributed by atoms with Gasteiger partial charge >= 0.3 is 0 Å². The van der Waals surface area contributed by atoms with Gasteiger partial charge in [-0.15, -0.1) is 0 Å². The summed E-state index contributed by atoms with van der Waals surface area (Å²) in [7, 11) is 0. The monoisotopic (exact) mass is 389 g/mol. The van der Waals surface area contributed by atoms with Crippen LogP contribution in [0.15, 0.2) is 72.0 Å². The number of benzene rings is 2.